The van der Waals surface area contributed by atoms with Crippen molar-refractivity contribution in [2.24, 2.45) is 5.16 Å². The van der Waals surface area contributed by atoms with Crippen molar-refractivity contribution in [3.05, 3.63) is 82.9 Å². The molecule has 1 aromatic carbocycles. The minimum atomic E-state index is -1.25. The number of oxime groups is 1. The molecule has 17 heteroatoms. The Balaban J connectivity index is 1.16. The highest BCUT2D eigenvalue weighted by atomic mass is 32.2. The number of pyridine rings is 1. The Hall–Kier alpha value is -5.29. The average Bonchev–Trinajstić information content (AvgIpc) is 3.67. The fourth-order valence-corrected chi connectivity index (χ4v) is 6.79. The molecule has 3 aromatic heterocycles. The van der Waals surface area contributed by atoms with Crippen LogP contribution >= 0.6 is 23.1 Å². The summed E-state index contributed by atoms with van der Waals surface area (Å²) in [6.07, 6.45) is 2.81. The number of thioether (sulfide) groups is 1. The first-order valence-corrected chi connectivity index (χ1v) is 14.9. The number of aromatic nitrogens is 3. The van der Waals surface area contributed by atoms with E-state index in [0.29, 0.717) is 11.3 Å². The second kappa shape index (κ2) is 12.1. The third-order valence-electron chi connectivity index (χ3n) is 6.73. The molecule has 15 nitrogen and oxygen atoms in total. The lowest BCUT2D eigenvalue weighted by molar-refractivity contribution is -0.687. The van der Waals surface area contributed by atoms with Crippen molar-refractivity contribution in [1.29, 1.82) is 0 Å². The topological polar surface area (TPSA) is 206 Å². The number of benzene rings is 1. The van der Waals surface area contributed by atoms with Crippen molar-refractivity contribution in [3.8, 4) is 0 Å². The van der Waals surface area contributed by atoms with Crippen LogP contribution in [0.3, 0.4) is 0 Å². The molecule has 0 radical (unpaired) electrons. The number of aliphatic carboxylic acids is 1. The minimum Gasteiger partial charge on any atom is -0.477 e. The lowest BCUT2D eigenvalue weighted by atomic mass is 10.0. The quantitative estimate of drug-likeness (QED) is 0.0676. The van der Waals surface area contributed by atoms with Crippen LogP contribution in [0.15, 0.2) is 81.2 Å². The van der Waals surface area contributed by atoms with Gasteiger partial charge in [-0.1, -0.05) is 40.6 Å². The summed E-state index contributed by atoms with van der Waals surface area (Å²) in [5, 5.41) is 24.5. The van der Waals surface area contributed by atoms with Crippen LogP contribution in [0.25, 0.3) is 10.1 Å². The van der Waals surface area contributed by atoms with Crippen molar-refractivity contribution >= 4 is 68.8 Å². The van der Waals surface area contributed by atoms with Crippen molar-refractivity contribution in [1.82, 2.24) is 25.7 Å². The van der Waals surface area contributed by atoms with E-state index >= 15 is 0 Å². The van der Waals surface area contributed by atoms with E-state index in [9.17, 15) is 24.3 Å². The largest absolute Gasteiger partial charge is 0.477 e. The zero-order valence-electron chi connectivity index (χ0n) is 22.6. The Morgan fingerprint density at radius 1 is 1.23 bits per heavy atom. The third-order valence-corrected chi connectivity index (χ3v) is 8.96. The molecule has 5 N–H and O–H groups in total. The molecule has 4 aromatic rings. The maximum Gasteiger partial charge on any atom is 0.433 e. The van der Waals surface area contributed by atoms with Gasteiger partial charge in [0, 0.05) is 28.6 Å². The first kappa shape index (κ1) is 28.8. The highest BCUT2D eigenvalue weighted by Crippen LogP contribution is 2.40. The number of anilines is 1. The fourth-order valence-electron chi connectivity index (χ4n) is 4.70. The van der Waals surface area contributed by atoms with E-state index in [2.05, 4.69) is 25.9 Å². The lowest BCUT2D eigenvalue weighted by Crippen LogP contribution is -2.71. The summed E-state index contributed by atoms with van der Waals surface area (Å²) in [7, 11) is 0. The molecule has 224 valence electrons. The van der Waals surface area contributed by atoms with E-state index < -0.39 is 41.0 Å². The van der Waals surface area contributed by atoms with E-state index in [1.165, 1.54) is 11.8 Å². The smallest absolute Gasteiger partial charge is 0.433 e. The number of carbonyl (C=O) groups excluding carboxylic acids is 3. The van der Waals surface area contributed by atoms with Crippen molar-refractivity contribution in [2.45, 2.75) is 24.5 Å². The molecule has 6 rings (SSSR count). The number of hydrogen-bond acceptors (Lipinski definition) is 12. The van der Waals surface area contributed by atoms with Gasteiger partial charge in [0.2, 0.25) is 11.5 Å². The molecule has 44 heavy (non-hydrogen) atoms. The first-order valence-electron chi connectivity index (χ1n) is 13.0. The van der Waals surface area contributed by atoms with E-state index in [1.54, 1.807) is 35.6 Å². The van der Waals surface area contributed by atoms with Crippen LogP contribution in [0.5, 0.6) is 0 Å². The number of nitrogens with one attached hydrogen (secondary N) is 2. The Bertz CT molecular complexity index is 1840. The number of nitrogens with zero attached hydrogens (tertiary/aromatic N) is 5. The Morgan fingerprint density at radius 3 is 2.80 bits per heavy atom. The highest BCUT2D eigenvalue weighted by molar-refractivity contribution is 8.00. The second-order valence-corrected chi connectivity index (χ2v) is 11.6. The number of nitrogens with two attached hydrogens (primary N) is 1. The number of carboxylic acids is 1. The number of thiophene rings is 1. The number of rotatable bonds is 9. The van der Waals surface area contributed by atoms with Crippen LogP contribution in [0.4, 0.5) is 10.8 Å². The van der Waals surface area contributed by atoms with Gasteiger partial charge in [0.1, 0.15) is 17.1 Å². The van der Waals surface area contributed by atoms with Gasteiger partial charge < -0.3 is 26.0 Å². The summed E-state index contributed by atoms with van der Waals surface area (Å²) >= 11 is 2.91. The number of β-lactam (4-membered cyclic amide) rings is 1. The highest BCUT2D eigenvalue weighted by Gasteiger charge is 2.55. The molecule has 3 amide bonds. The molecule has 0 bridgehead atoms. The first-order chi connectivity index (χ1) is 21.3. The van der Waals surface area contributed by atoms with Crippen molar-refractivity contribution < 1.29 is 38.2 Å². The molecule has 0 aliphatic carbocycles. The molecule has 2 aliphatic rings. The van der Waals surface area contributed by atoms with Gasteiger partial charge in [-0.15, -0.1) is 23.1 Å². The molecule has 2 aliphatic heterocycles. The van der Waals surface area contributed by atoms with E-state index in [-0.39, 0.29) is 30.6 Å². The summed E-state index contributed by atoms with van der Waals surface area (Å²) in [4.78, 5) is 60.8. The number of carbonyl (C=O) groups is 4. The van der Waals surface area contributed by atoms with Crippen molar-refractivity contribution in [3.63, 3.8) is 0 Å². The van der Waals surface area contributed by atoms with Crippen LogP contribution < -0.4 is 20.9 Å². The lowest BCUT2D eigenvalue weighted by Gasteiger charge is -2.49. The number of nitrogen functional groups attached to an aromatic ring is 1. The summed E-state index contributed by atoms with van der Waals surface area (Å²) in [5.41, 5.74) is 6.14. The van der Waals surface area contributed by atoms with Gasteiger partial charge >= 0.3 is 18.1 Å². The van der Waals surface area contributed by atoms with E-state index in [0.717, 1.165) is 20.5 Å². The van der Waals surface area contributed by atoms with E-state index in [4.69, 9.17) is 15.1 Å². The maximum absolute atomic E-state index is 13.2. The normalized spacial score (nSPS) is 18.0. The third kappa shape index (κ3) is 5.82. The summed E-state index contributed by atoms with van der Waals surface area (Å²) in [5.74, 6) is -2.92. The predicted molar refractivity (Wildman–Crippen MR) is 157 cm³/mol. The molecule has 1 saturated heterocycles. The zero-order chi connectivity index (χ0) is 30.8. The van der Waals surface area contributed by atoms with Gasteiger partial charge in [-0.05, 0) is 17.0 Å². The van der Waals surface area contributed by atoms with Crippen LogP contribution in [-0.2, 0) is 32.3 Å². The van der Waals surface area contributed by atoms with Crippen LogP contribution in [0.2, 0.25) is 0 Å². The van der Waals surface area contributed by atoms with Gasteiger partial charge in [0.05, 0.1) is 5.39 Å². The SMILES string of the molecule is Nc1nc(/C(=N/OC(=O)NCc2ccccc2)C(=O)NC2C(=O)N3C(C(=O)O)=C(C[n+]4ccc5sccc5c4)CS[C@H]23)no1. The average molecular weight is 636 g/mol. The fraction of sp³-hybridized carbons (Fsp3) is 0.185. The summed E-state index contributed by atoms with van der Waals surface area (Å²) < 4.78 is 7.70. The molecule has 0 spiro atoms. The predicted octanol–water partition coefficient (Wildman–Crippen LogP) is 1.22. The maximum atomic E-state index is 13.2. The molecule has 1 fully saturated rings. The van der Waals surface area contributed by atoms with Gasteiger partial charge in [-0.2, -0.15) is 4.98 Å². The molecular weight excluding hydrogens is 612 g/mol. The molecule has 2 atom stereocenters. The number of hydrogen-bond donors (Lipinski definition) is 4. The monoisotopic (exact) mass is 635 g/mol. The van der Waals surface area contributed by atoms with Gasteiger partial charge in [-0.25, -0.2) is 14.2 Å². The summed E-state index contributed by atoms with van der Waals surface area (Å²) in [6, 6.07) is 11.5. The molecule has 5 heterocycles. The Labute approximate surface area is 256 Å². The summed E-state index contributed by atoms with van der Waals surface area (Å²) in [6.45, 7) is 0.410. The molecular formula is C27H23N8O7S2+. The molecule has 1 unspecified atom stereocenters. The van der Waals surface area contributed by atoms with Crippen LogP contribution in [0.1, 0.15) is 11.4 Å². The zero-order valence-corrected chi connectivity index (χ0v) is 24.2. The number of amides is 3. The van der Waals surface area contributed by atoms with Gasteiger partial charge in [0.15, 0.2) is 18.9 Å². The molecule has 0 saturated carbocycles. The Morgan fingerprint density at radius 2 is 2.05 bits per heavy atom. The van der Waals surface area contributed by atoms with E-state index in [1.807, 2.05) is 40.5 Å². The number of fused-ring (bicyclic) bond motifs is 2. The number of carboxylic acid groups (broad SMARTS) is 1. The standard InChI is InChI=1S/C27H22N8O7S2/c28-26-31-21(33-41-26)18(32-42-27(40)29-10-14-4-2-1-3-5-14)22(36)30-19-23(37)35-20(25(38)39)16(13-44-24(19)35)12-34-8-6-17-15(11-34)7-9-43-17/h1-9,11,19,24H,10,12-13H2,(H4-,28,29,30,31,33,36,38,39,40)/p+1/b32-18-/t19?,24-/m1/s1. The van der Waals surface area contributed by atoms with Gasteiger partial charge in [-0.3, -0.25) is 19.3 Å². The van der Waals surface area contributed by atoms with Crippen LogP contribution in [0, 0.1) is 0 Å². The minimum absolute atomic E-state index is 0.125. The van der Waals surface area contributed by atoms with Crippen LogP contribution in [-0.4, -0.2) is 66.9 Å². The van der Waals surface area contributed by atoms with Crippen molar-refractivity contribution in [2.75, 3.05) is 11.5 Å². The van der Waals surface area contributed by atoms with Gasteiger partial charge in [0.25, 0.3) is 11.8 Å². The second-order valence-electron chi connectivity index (χ2n) is 9.59. The Kier molecular flexibility index (Phi) is 7.95.